The Morgan fingerprint density at radius 1 is 1.10 bits per heavy atom. The Hall–Kier alpha value is -2.38. The third kappa shape index (κ3) is 5.83. The number of anilines is 1. The number of pyridine rings is 1. The zero-order chi connectivity index (χ0) is 20.8. The quantitative estimate of drug-likeness (QED) is 0.543. The molecule has 0 aliphatic heterocycles. The Morgan fingerprint density at radius 3 is 2.63 bits per heavy atom. The molecule has 0 spiro atoms. The Bertz CT molecular complexity index is 852. The minimum Gasteiger partial charge on any atom is -0.393 e. The third-order valence-corrected chi connectivity index (χ3v) is 5.65. The molecule has 0 amide bonds. The molecule has 7 nitrogen and oxygen atoms in total. The summed E-state index contributed by atoms with van der Waals surface area (Å²) in [4.78, 5) is 18.7. The van der Waals surface area contributed by atoms with E-state index >= 15 is 0 Å². The largest absolute Gasteiger partial charge is 0.393 e. The van der Waals surface area contributed by atoms with Crippen molar-refractivity contribution in [1.82, 2.24) is 20.3 Å². The van der Waals surface area contributed by atoms with Gasteiger partial charge in [0.25, 0.3) is 0 Å². The highest BCUT2D eigenvalue weighted by molar-refractivity contribution is 5.89. The summed E-state index contributed by atoms with van der Waals surface area (Å²) in [6, 6.07) is 4.82. The van der Waals surface area contributed by atoms with Crippen LogP contribution in [0.25, 0.3) is 11.3 Å². The smallest absolute Gasteiger partial charge is 0.224 e. The molecule has 2 fully saturated rings. The van der Waals surface area contributed by atoms with Crippen molar-refractivity contribution in [2.24, 2.45) is 4.99 Å². The van der Waals surface area contributed by atoms with Gasteiger partial charge in [0.1, 0.15) is 0 Å². The van der Waals surface area contributed by atoms with Crippen LogP contribution in [0.2, 0.25) is 0 Å². The topological polar surface area (TPSA) is 95.3 Å². The maximum Gasteiger partial charge on any atom is 0.224 e. The maximum absolute atomic E-state index is 9.79. The second-order valence-corrected chi connectivity index (χ2v) is 8.33. The highest BCUT2D eigenvalue weighted by Gasteiger charge is 2.20. The van der Waals surface area contributed by atoms with Crippen LogP contribution in [0.5, 0.6) is 0 Å². The fourth-order valence-electron chi connectivity index (χ4n) is 3.54. The number of aromatic nitrogens is 3. The summed E-state index contributed by atoms with van der Waals surface area (Å²) in [6.45, 7) is 3.86. The number of aliphatic hydroxyl groups excluding tert-OH is 1. The Labute approximate surface area is 178 Å². The number of hydrogen-bond acceptors (Lipinski definition) is 7. The van der Waals surface area contributed by atoms with Gasteiger partial charge in [-0.25, -0.2) is 9.98 Å². The molecular formula is C23H32N6O. The van der Waals surface area contributed by atoms with Crippen molar-refractivity contribution in [2.75, 3.05) is 11.9 Å². The second-order valence-electron chi connectivity index (χ2n) is 8.33. The lowest BCUT2D eigenvalue weighted by Crippen LogP contribution is -2.17. The summed E-state index contributed by atoms with van der Waals surface area (Å²) in [7, 11) is 0. The molecule has 30 heavy (non-hydrogen) atoms. The molecule has 0 aromatic carbocycles. The highest BCUT2D eigenvalue weighted by Crippen LogP contribution is 2.30. The molecule has 2 aliphatic carbocycles. The number of aliphatic imine (C=N–C) groups is 1. The lowest BCUT2D eigenvalue weighted by atomic mass is 9.96. The molecule has 2 saturated carbocycles. The van der Waals surface area contributed by atoms with E-state index in [0.717, 1.165) is 68.6 Å². The van der Waals surface area contributed by atoms with Crippen molar-refractivity contribution in [2.45, 2.75) is 77.0 Å². The van der Waals surface area contributed by atoms with E-state index in [1.807, 2.05) is 18.5 Å². The fourth-order valence-corrected chi connectivity index (χ4v) is 3.54. The van der Waals surface area contributed by atoms with Gasteiger partial charge < -0.3 is 15.7 Å². The van der Waals surface area contributed by atoms with Crippen LogP contribution in [0.15, 0.2) is 29.5 Å². The van der Waals surface area contributed by atoms with Gasteiger partial charge in [-0.15, -0.1) is 0 Å². The van der Waals surface area contributed by atoms with Crippen LogP contribution in [-0.2, 0) is 6.54 Å². The lowest BCUT2D eigenvalue weighted by Gasteiger charge is -2.18. The van der Waals surface area contributed by atoms with Crippen molar-refractivity contribution in [3.63, 3.8) is 0 Å². The van der Waals surface area contributed by atoms with E-state index < -0.39 is 0 Å². The molecule has 0 unspecified atom stereocenters. The lowest BCUT2D eigenvalue weighted by molar-refractivity contribution is 0.152. The van der Waals surface area contributed by atoms with Crippen LogP contribution in [-0.4, -0.2) is 44.5 Å². The number of unbranched alkanes of at least 4 members (excludes halogenated alkanes) is 1. The van der Waals surface area contributed by atoms with E-state index in [-0.39, 0.29) is 6.10 Å². The van der Waals surface area contributed by atoms with Crippen molar-refractivity contribution < 1.29 is 5.11 Å². The maximum atomic E-state index is 9.79. The molecule has 0 radical (unpaired) electrons. The first-order chi connectivity index (χ1) is 14.7. The van der Waals surface area contributed by atoms with Gasteiger partial charge in [-0.3, -0.25) is 4.98 Å². The van der Waals surface area contributed by atoms with Gasteiger partial charge in [0, 0.05) is 37.2 Å². The first-order valence-corrected chi connectivity index (χ1v) is 11.3. The normalized spacial score (nSPS) is 19.0. The summed E-state index contributed by atoms with van der Waals surface area (Å²) in [5.74, 6) is 1.26. The summed E-state index contributed by atoms with van der Waals surface area (Å²) in [5, 5.41) is 16.6. The molecule has 7 heteroatoms. The monoisotopic (exact) mass is 408 g/mol. The van der Waals surface area contributed by atoms with Gasteiger partial charge in [0.05, 0.1) is 17.4 Å². The van der Waals surface area contributed by atoms with Crippen LogP contribution in [0.4, 0.5) is 11.8 Å². The molecule has 4 rings (SSSR count). The van der Waals surface area contributed by atoms with Gasteiger partial charge >= 0.3 is 0 Å². The van der Waals surface area contributed by atoms with E-state index in [1.165, 1.54) is 18.4 Å². The summed E-state index contributed by atoms with van der Waals surface area (Å²) >= 11 is 0. The molecule has 0 atom stereocenters. The minimum absolute atomic E-state index is 0.210. The van der Waals surface area contributed by atoms with E-state index in [9.17, 15) is 5.11 Å². The van der Waals surface area contributed by atoms with Crippen LogP contribution in [0.3, 0.4) is 0 Å². The Kier molecular flexibility index (Phi) is 7.02. The van der Waals surface area contributed by atoms with Gasteiger partial charge in [-0.1, -0.05) is 19.4 Å². The number of nitrogens with one attached hydrogen (secondary N) is 2. The molecular weight excluding hydrogens is 376 g/mol. The SMILES string of the molecule is CCCCNc1ncc(-c2ccc(CNC3CC3)cn2)c(N=C2CCC(O)CC2)n1. The van der Waals surface area contributed by atoms with E-state index in [4.69, 9.17) is 9.98 Å². The number of rotatable bonds is 9. The first-order valence-electron chi connectivity index (χ1n) is 11.3. The van der Waals surface area contributed by atoms with Crippen LogP contribution in [0.1, 0.15) is 63.9 Å². The van der Waals surface area contributed by atoms with Crippen molar-refractivity contribution >= 4 is 17.5 Å². The third-order valence-electron chi connectivity index (χ3n) is 5.65. The van der Waals surface area contributed by atoms with Gasteiger partial charge in [-0.2, -0.15) is 4.98 Å². The van der Waals surface area contributed by atoms with Crippen LogP contribution < -0.4 is 10.6 Å². The predicted molar refractivity (Wildman–Crippen MR) is 120 cm³/mol. The molecule has 3 N–H and O–H groups in total. The molecule has 0 saturated heterocycles. The molecule has 160 valence electrons. The summed E-state index contributed by atoms with van der Waals surface area (Å²) in [6.07, 6.45) is 11.4. The summed E-state index contributed by atoms with van der Waals surface area (Å²) < 4.78 is 0. The van der Waals surface area contributed by atoms with Crippen molar-refractivity contribution in [1.29, 1.82) is 0 Å². The fraction of sp³-hybridized carbons (Fsp3) is 0.565. The van der Waals surface area contributed by atoms with Gasteiger partial charge in [0.15, 0.2) is 5.82 Å². The Morgan fingerprint density at radius 2 is 1.93 bits per heavy atom. The number of hydrogen-bond donors (Lipinski definition) is 3. The zero-order valence-corrected chi connectivity index (χ0v) is 17.8. The minimum atomic E-state index is -0.210. The first kappa shape index (κ1) is 20.9. The molecule has 0 bridgehead atoms. The van der Waals surface area contributed by atoms with Crippen LogP contribution >= 0.6 is 0 Å². The van der Waals surface area contributed by atoms with Crippen LogP contribution in [0, 0.1) is 0 Å². The Balaban J connectivity index is 1.56. The summed E-state index contributed by atoms with van der Waals surface area (Å²) in [5.41, 5.74) is 3.94. The van der Waals surface area contributed by atoms with E-state index in [2.05, 4.69) is 33.6 Å². The predicted octanol–water partition coefficient (Wildman–Crippen LogP) is 4.01. The van der Waals surface area contributed by atoms with Crippen molar-refractivity contribution in [3.8, 4) is 11.3 Å². The number of nitrogens with zero attached hydrogens (tertiary/aromatic N) is 4. The van der Waals surface area contributed by atoms with Gasteiger partial charge in [-0.05, 0) is 56.6 Å². The molecule has 2 aromatic rings. The van der Waals surface area contributed by atoms with Gasteiger partial charge in [0.2, 0.25) is 5.95 Å². The average Bonchev–Trinajstić information content (AvgIpc) is 3.59. The average molecular weight is 409 g/mol. The molecule has 2 aromatic heterocycles. The van der Waals surface area contributed by atoms with E-state index in [0.29, 0.717) is 17.8 Å². The standard InChI is InChI=1S/C23H32N6O/c1-2-3-12-24-23-27-15-20(22(29-23)28-18-7-9-19(30)10-8-18)21-11-4-16(14-26-21)13-25-17-5-6-17/h4,11,14-15,17,19,25,30H,2-3,5-10,12-13H2,1H3,(H,24,27,29). The molecule has 2 heterocycles. The van der Waals surface area contributed by atoms with Crippen molar-refractivity contribution in [3.05, 3.63) is 30.1 Å². The highest BCUT2D eigenvalue weighted by atomic mass is 16.3. The number of aliphatic hydroxyl groups is 1. The second kappa shape index (κ2) is 10.1. The van der Waals surface area contributed by atoms with E-state index in [1.54, 1.807) is 0 Å². The zero-order valence-electron chi connectivity index (χ0n) is 17.8. The molecule has 2 aliphatic rings.